The Balaban J connectivity index is 2.08. The maximum Gasteiger partial charge on any atom is 0.315 e. The Kier molecular flexibility index (Phi) is 6.58. The topological polar surface area (TPSA) is 81.6 Å². The number of nitrogens with one attached hydrogen (secondary N) is 2. The number of carbonyl (C=O) groups excluding carboxylic acids is 1. The molecule has 0 unspecified atom stereocenters. The molecule has 0 bridgehead atoms. The number of carbonyl (C=O) groups is 1. The molecule has 5 heteroatoms. The van der Waals surface area contributed by atoms with E-state index in [9.17, 15) is 9.90 Å². The number of rotatable bonds is 6. The third-order valence-corrected chi connectivity index (χ3v) is 3.78. The second-order valence-corrected chi connectivity index (χ2v) is 6.33. The lowest BCUT2D eigenvalue weighted by Gasteiger charge is -2.26. The van der Waals surface area contributed by atoms with Crippen LogP contribution in [0.4, 0.5) is 4.79 Å². The fraction of sp³-hybridized carbons (Fsp3) is 0.929. The standard InChI is InChI=1S/C14H28N2O3/c1-14(2,10-17)8-3-9-15-13(19)16-11-4-6-12(18)7-5-11/h11-12,17-18H,3-10H2,1-2H3,(H2,15,16,19). The molecule has 5 nitrogen and oxygen atoms in total. The molecule has 0 radical (unpaired) electrons. The van der Waals surface area contributed by atoms with Crippen LogP contribution < -0.4 is 10.6 Å². The van der Waals surface area contributed by atoms with Crippen molar-refractivity contribution in [1.82, 2.24) is 10.6 Å². The molecule has 0 saturated heterocycles. The van der Waals surface area contributed by atoms with E-state index in [2.05, 4.69) is 10.6 Å². The van der Waals surface area contributed by atoms with E-state index in [1.807, 2.05) is 13.8 Å². The maximum atomic E-state index is 11.7. The molecule has 19 heavy (non-hydrogen) atoms. The monoisotopic (exact) mass is 272 g/mol. The molecule has 0 aromatic rings. The highest BCUT2D eigenvalue weighted by Gasteiger charge is 2.20. The molecule has 0 spiro atoms. The van der Waals surface area contributed by atoms with Gasteiger partial charge < -0.3 is 20.8 Å². The molecular weight excluding hydrogens is 244 g/mol. The van der Waals surface area contributed by atoms with Crippen molar-refractivity contribution in [2.24, 2.45) is 5.41 Å². The van der Waals surface area contributed by atoms with Gasteiger partial charge >= 0.3 is 6.03 Å². The molecule has 0 aromatic carbocycles. The summed E-state index contributed by atoms with van der Waals surface area (Å²) < 4.78 is 0. The minimum Gasteiger partial charge on any atom is -0.396 e. The van der Waals surface area contributed by atoms with Crippen molar-refractivity contribution in [3.05, 3.63) is 0 Å². The van der Waals surface area contributed by atoms with E-state index in [0.29, 0.717) is 6.54 Å². The Labute approximate surface area is 115 Å². The average Bonchev–Trinajstić information content (AvgIpc) is 2.38. The highest BCUT2D eigenvalue weighted by atomic mass is 16.3. The molecule has 2 amide bonds. The van der Waals surface area contributed by atoms with Crippen LogP contribution in [0.15, 0.2) is 0 Å². The zero-order valence-electron chi connectivity index (χ0n) is 12.1. The summed E-state index contributed by atoms with van der Waals surface area (Å²) in [7, 11) is 0. The van der Waals surface area contributed by atoms with Crippen LogP contribution in [-0.4, -0.2) is 41.5 Å². The van der Waals surface area contributed by atoms with Crippen molar-refractivity contribution in [1.29, 1.82) is 0 Å². The van der Waals surface area contributed by atoms with Crippen LogP contribution in [0.3, 0.4) is 0 Å². The summed E-state index contributed by atoms with van der Waals surface area (Å²) in [6, 6.07) is 0.0699. The number of urea groups is 1. The van der Waals surface area contributed by atoms with E-state index in [4.69, 9.17) is 5.11 Å². The van der Waals surface area contributed by atoms with Gasteiger partial charge in [-0.1, -0.05) is 13.8 Å². The second-order valence-electron chi connectivity index (χ2n) is 6.33. The fourth-order valence-corrected chi connectivity index (χ4v) is 2.30. The summed E-state index contributed by atoms with van der Waals surface area (Å²) in [5.41, 5.74) is -0.0718. The first-order chi connectivity index (χ1) is 8.93. The van der Waals surface area contributed by atoms with Crippen LogP contribution in [-0.2, 0) is 0 Å². The van der Waals surface area contributed by atoms with Crippen LogP contribution >= 0.6 is 0 Å². The van der Waals surface area contributed by atoms with Gasteiger partial charge in [0.2, 0.25) is 0 Å². The Morgan fingerprint density at radius 2 is 1.89 bits per heavy atom. The smallest absolute Gasteiger partial charge is 0.315 e. The Morgan fingerprint density at radius 1 is 1.26 bits per heavy atom. The van der Waals surface area contributed by atoms with Crippen molar-refractivity contribution in [3.8, 4) is 0 Å². The molecule has 1 aliphatic rings. The molecule has 112 valence electrons. The van der Waals surface area contributed by atoms with E-state index in [1.165, 1.54) is 0 Å². The molecule has 1 rings (SSSR count). The van der Waals surface area contributed by atoms with Gasteiger partial charge in [0.15, 0.2) is 0 Å². The summed E-state index contributed by atoms with van der Waals surface area (Å²) in [5, 5.41) is 24.3. The van der Waals surface area contributed by atoms with E-state index in [-0.39, 0.29) is 30.2 Å². The van der Waals surface area contributed by atoms with Crippen LogP contribution in [0, 0.1) is 5.41 Å². The molecule has 0 heterocycles. The van der Waals surface area contributed by atoms with E-state index >= 15 is 0 Å². The first kappa shape index (κ1) is 16.2. The normalized spacial score (nSPS) is 24.0. The lowest BCUT2D eigenvalue weighted by Crippen LogP contribution is -2.44. The molecule has 1 aliphatic carbocycles. The molecule has 0 aliphatic heterocycles. The first-order valence-electron chi connectivity index (χ1n) is 7.26. The zero-order valence-corrected chi connectivity index (χ0v) is 12.1. The molecule has 4 N–H and O–H groups in total. The Bertz CT molecular complexity index is 274. The highest BCUT2D eigenvalue weighted by molar-refractivity contribution is 5.74. The summed E-state index contributed by atoms with van der Waals surface area (Å²) in [6.45, 7) is 4.83. The average molecular weight is 272 g/mol. The van der Waals surface area contributed by atoms with Crippen molar-refractivity contribution >= 4 is 6.03 Å². The van der Waals surface area contributed by atoms with Gasteiger partial charge in [-0.15, -0.1) is 0 Å². The summed E-state index contributed by atoms with van der Waals surface area (Å²) in [6.07, 6.45) is 4.81. The number of hydrogen-bond acceptors (Lipinski definition) is 3. The van der Waals surface area contributed by atoms with Crippen LogP contribution in [0.5, 0.6) is 0 Å². The summed E-state index contributed by atoms with van der Waals surface area (Å²) in [4.78, 5) is 11.7. The number of amides is 2. The summed E-state index contributed by atoms with van der Waals surface area (Å²) >= 11 is 0. The maximum absolute atomic E-state index is 11.7. The van der Waals surface area contributed by atoms with Crippen molar-refractivity contribution < 1.29 is 15.0 Å². The van der Waals surface area contributed by atoms with Gasteiger partial charge in [0, 0.05) is 19.2 Å². The summed E-state index contributed by atoms with van der Waals surface area (Å²) in [5.74, 6) is 0. The minimum atomic E-state index is -0.193. The highest BCUT2D eigenvalue weighted by Crippen LogP contribution is 2.20. The first-order valence-corrected chi connectivity index (χ1v) is 7.26. The Hall–Kier alpha value is -0.810. The van der Waals surface area contributed by atoms with Gasteiger partial charge in [-0.05, 0) is 43.9 Å². The van der Waals surface area contributed by atoms with Crippen LogP contribution in [0.1, 0.15) is 52.4 Å². The Morgan fingerprint density at radius 3 is 2.47 bits per heavy atom. The quantitative estimate of drug-likeness (QED) is 0.552. The van der Waals surface area contributed by atoms with E-state index < -0.39 is 0 Å². The van der Waals surface area contributed by atoms with Crippen molar-refractivity contribution in [2.75, 3.05) is 13.2 Å². The van der Waals surface area contributed by atoms with E-state index in [0.717, 1.165) is 38.5 Å². The number of aliphatic hydroxyl groups excluding tert-OH is 2. The third-order valence-electron chi connectivity index (χ3n) is 3.78. The zero-order chi connectivity index (χ0) is 14.3. The molecule has 0 atom stereocenters. The van der Waals surface area contributed by atoms with Crippen molar-refractivity contribution in [2.45, 2.75) is 64.5 Å². The van der Waals surface area contributed by atoms with Crippen LogP contribution in [0.2, 0.25) is 0 Å². The molecule has 0 aromatic heterocycles. The van der Waals surface area contributed by atoms with Gasteiger partial charge in [0.05, 0.1) is 6.10 Å². The SMILES string of the molecule is CC(C)(CO)CCCNC(=O)NC1CCC(O)CC1. The van der Waals surface area contributed by atoms with E-state index in [1.54, 1.807) is 0 Å². The largest absolute Gasteiger partial charge is 0.396 e. The lowest BCUT2D eigenvalue weighted by molar-refractivity contribution is 0.117. The van der Waals surface area contributed by atoms with Gasteiger partial charge in [-0.2, -0.15) is 0 Å². The van der Waals surface area contributed by atoms with Gasteiger partial charge in [-0.25, -0.2) is 4.79 Å². The molecule has 1 saturated carbocycles. The predicted molar refractivity (Wildman–Crippen MR) is 74.9 cm³/mol. The predicted octanol–water partition coefficient (Wildman–Crippen LogP) is 1.39. The number of aliphatic hydroxyl groups is 2. The minimum absolute atomic E-state index is 0.0718. The lowest BCUT2D eigenvalue weighted by atomic mass is 9.89. The van der Waals surface area contributed by atoms with Crippen molar-refractivity contribution in [3.63, 3.8) is 0 Å². The molecular formula is C14H28N2O3. The van der Waals surface area contributed by atoms with Crippen LogP contribution in [0.25, 0.3) is 0 Å². The van der Waals surface area contributed by atoms with Gasteiger partial charge in [-0.3, -0.25) is 0 Å². The van der Waals surface area contributed by atoms with Gasteiger partial charge in [0.25, 0.3) is 0 Å². The second kappa shape index (κ2) is 7.70. The van der Waals surface area contributed by atoms with Gasteiger partial charge in [0.1, 0.15) is 0 Å². The third kappa shape index (κ3) is 6.78. The molecule has 1 fully saturated rings. The fourth-order valence-electron chi connectivity index (χ4n) is 2.30. The number of hydrogen-bond donors (Lipinski definition) is 4.